The summed E-state index contributed by atoms with van der Waals surface area (Å²) in [6.07, 6.45) is 3.49. The molecule has 1 saturated carbocycles. The number of rotatable bonds is 2. The van der Waals surface area contributed by atoms with Crippen molar-refractivity contribution >= 4 is 28.4 Å². The van der Waals surface area contributed by atoms with Crippen molar-refractivity contribution in [3.05, 3.63) is 124 Å². The Bertz CT molecular complexity index is 1720. The summed E-state index contributed by atoms with van der Waals surface area (Å²) in [7, 11) is 1.92. The Morgan fingerprint density at radius 3 is 2.36 bits per heavy atom. The Morgan fingerprint density at radius 2 is 1.59 bits per heavy atom. The van der Waals surface area contributed by atoms with Crippen molar-refractivity contribution in [2.75, 3.05) is 13.6 Å². The van der Waals surface area contributed by atoms with E-state index in [-0.39, 0.29) is 23.2 Å². The molecular formula is C34H27F2NO2. The minimum atomic E-state index is -1.23. The first-order valence-corrected chi connectivity index (χ1v) is 13.4. The molecule has 0 bridgehead atoms. The van der Waals surface area contributed by atoms with Crippen LogP contribution in [0.15, 0.2) is 90.5 Å². The topological polar surface area (TPSA) is 37.4 Å². The van der Waals surface area contributed by atoms with Crippen molar-refractivity contribution in [1.82, 2.24) is 4.90 Å². The van der Waals surface area contributed by atoms with Gasteiger partial charge in [-0.3, -0.25) is 14.5 Å². The van der Waals surface area contributed by atoms with Gasteiger partial charge in [0.1, 0.15) is 17.2 Å². The van der Waals surface area contributed by atoms with Crippen molar-refractivity contribution in [3.63, 3.8) is 0 Å². The molecular weight excluding hydrogens is 492 g/mol. The highest BCUT2D eigenvalue weighted by Gasteiger charge is 2.73. The predicted octanol–water partition coefficient (Wildman–Crippen LogP) is 7.06. The van der Waals surface area contributed by atoms with Crippen LogP contribution < -0.4 is 0 Å². The number of hydrogen-bond acceptors (Lipinski definition) is 3. The fraction of sp³-hybridized carbons (Fsp3) is 0.235. The van der Waals surface area contributed by atoms with E-state index in [1.54, 1.807) is 24.3 Å². The molecule has 1 saturated heterocycles. The highest BCUT2D eigenvalue weighted by molar-refractivity contribution is 6.24. The van der Waals surface area contributed by atoms with Crippen LogP contribution >= 0.6 is 0 Å². The summed E-state index contributed by atoms with van der Waals surface area (Å²) in [6.45, 7) is 0.429. The van der Waals surface area contributed by atoms with E-state index in [0.717, 1.165) is 21.9 Å². The number of likely N-dealkylation sites (N-methyl/N-ethyl adjacent to an activating group) is 1. The molecule has 3 nitrogen and oxygen atoms in total. The highest BCUT2D eigenvalue weighted by Crippen LogP contribution is 2.67. The van der Waals surface area contributed by atoms with E-state index in [9.17, 15) is 18.4 Å². The Hall–Kier alpha value is -3.96. The van der Waals surface area contributed by atoms with Crippen LogP contribution in [0.3, 0.4) is 0 Å². The fourth-order valence-corrected chi connectivity index (χ4v) is 7.93. The molecule has 1 heterocycles. The molecule has 4 aromatic carbocycles. The minimum Gasteiger partial charge on any atom is -0.294 e. The van der Waals surface area contributed by atoms with Crippen LogP contribution in [-0.4, -0.2) is 30.1 Å². The molecule has 0 N–H and O–H groups in total. The maximum Gasteiger partial charge on any atom is 0.189 e. The monoisotopic (exact) mass is 519 g/mol. The molecule has 3 aliphatic rings. The molecule has 5 heteroatoms. The number of fused-ring (bicyclic) bond motifs is 2. The maximum atomic E-state index is 15.0. The van der Waals surface area contributed by atoms with E-state index >= 15 is 0 Å². The van der Waals surface area contributed by atoms with Gasteiger partial charge < -0.3 is 0 Å². The zero-order chi connectivity index (χ0) is 26.9. The second-order valence-electron chi connectivity index (χ2n) is 11.1. The Kier molecular flexibility index (Phi) is 5.27. The molecule has 2 spiro atoms. The van der Waals surface area contributed by atoms with Crippen LogP contribution in [0.4, 0.5) is 8.78 Å². The number of benzene rings is 4. The first-order chi connectivity index (χ1) is 18.9. The standard InChI is InChI=1S/C34H27F2NO2/c1-37-20-29(23-10-3-13-26(36)19-23)33(16-6-11-24(31(33)38)17-21-7-2-12-25(35)18-21)34(37)28-15-5-9-22-8-4-14-27(30(22)28)32(34)39/h2-5,7-10,12-15,17-19,29H,6,11,16,20H2,1H3/b24-17+/t29-,33+,34+/m1/s1. The molecule has 1 aliphatic heterocycles. The minimum absolute atomic E-state index is 0.0731. The van der Waals surface area contributed by atoms with Gasteiger partial charge in [-0.15, -0.1) is 0 Å². The predicted molar refractivity (Wildman–Crippen MR) is 147 cm³/mol. The Morgan fingerprint density at radius 1 is 0.872 bits per heavy atom. The molecule has 2 fully saturated rings. The molecule has 0 aromatic heterocycles. The van der Waals surface area contributed by atoms with Gasteiger partial charge in [-0.2, -0.15) is 0 Å². The van der Waals surface area contributed by atoms with Gasteiger partial charge in [0, 0.05) is 18.0 Å². The molecule has 4 aromatic rings. The van der Waals surface area contributed by atoms with E-state index in [2.05, 4.69) is 0 Å². The summed E-state index contributed by atoms with van der Waals surface area (Å²) in [6, 6.07) is 24.3. The smallest absolute Gasteiger partial charge is 0.189 e. The van der Waals surface area contributed by atoms with Crippen molar-refractivity contribution in [2.45, 2.75) is 30.7 Å². The molecule has 3 atom stereocenters. The van der Waals surface area contributed by atoms with Gasteiger partial charge in [0.2, 0.25) is 0 Å². The van der Waals surface area contributed by atoms with Gasteiger partial charge >= 0.3 is 0 Å². The van der Waals surface area contributed by atoms with Gasteiger partial charge in [0.25, 0.3) is 0 Å². The number of carbonyl (C=O) groups is 2. The molecule has 0 unspecified atom stereocenters. The summed E-state index contributed by atoms with van der Waals surface area (Å²) in [5, 5.41) is 1.86. The Labute approximate surface area is 225 Å². The number of nitrogens with zero attached hydrogens (tertiary/aromatic N) is 1. The largest absolute Gasteiger partial charge is 0.294 e. The number of likely N-dealkylation sites (tertiary alicyclic amines) is 1. The zero-order valence-electron chi connectivity index (χ0n) is 21.6. The van der Waals surface area contributed by atoms with E-state index in [0.29, 0.717) is 42.5 Å². The van der Waals surface area contributed by atoms with Crippen molar-refractivity contribution in [3.8, 4) is 0 Å². The second kappa shape index (κ2) is 8.52. The summed E-state index contributed by atoms with van der Waals surface area (Å²) in [5.74, 6) is -1.32. The fourth-order valence-electron chi connectivity index (χ4n) is 7.93. The van der Waals surface area contributed by atoms with Crippen LogP contribution in [0.25, 0.3) is 16.8 Å². The third-order valence-corrected chi connectivity index (χ3v) is 9.29. The molecule has 194 valence electrons. The number of allylic oxidation sites excluding steroid dienone is 1. The van der Waals surface area contributed by atoms with Gasteiger partial charge in [0.15, 0.2) is 11.6 Å². The maximum absolute atomic E-state index is 15.0. The lowest BCUT2D eigenvalue weighted by Gasteiger charge is -2.49. The number of hydrogen-bond donors (Lipinski definition) is 0. The first kappa shape index (κ1) is 24.1. The van der Waals surface area contributed by atoms with Gasteiger partial charge in [-0.05, 0) is 89.7 Å². The lowest BCUT2D eigenvalue weighted by Crippen LogP contribution is -2.59. The normalized spacial score (nSPS) is 27.5. The summed E-state index contributed by atoms with van der Waals surface area (Å²) in [5.41, 5.74) is 1.00. The van der Waals surface area contributed by atoms with Gasteiger partial charge in [-0.25, -0.2) is 8.78 Å². The summed E-state index contributed by atoms with van der Waals surface area (Å²) >= 11 is 0. The van der Waals surface area contributed by atoms with Crippen molar-refractivity contribution < 1.29 is 18.4 Å². The van der Waals surface area contributed by atoms with Crippen LogP contribution in [0.1, 0.15) is 52.2 Å². The van der Waals surface area contributed by atoms with Crippen molar-refractivity contribution in [2.24, 2.45) is 5.41 Å². The van der Waals surface area contributed by atoms with E-state index in [1.807, 2.05) is 54.4 Å². The molecule has 39 heavy (non-hydrogen) atoms. The molecule has 0 radical (unpaired) electrons. The van der Waals surface area contributed by atoms with Crippen LogP contribution in [0, 0.1) is 17.0 Å². The lowest BCUT2D eigenvalue weighted by molar-refractivity contribution is -0.132. The lowest BCUT2D eigenvalue weighted by atomic mass is 9.53. The van der Waals surface area contributed by atoms with Crippen LogP contribution in [0.5, 0.6) is 0 Å². The van der Waals surface area contributed by atoms with Gasteiger partial charge in [0.05, 0.1) is 5.41 Å². The number of Topliss-reactive ketones (excluding diaryl/α,β-unsaturated/α-hetero) is 2. The van der Waals surface area contributed by atoms with Crippen LogP contribution in [0.2, 0.25) is 0 Å². The molecule has 0 amide bonds. The van der Waals surface area contributed by atoms with E-state index < -0.39 is 16.9 Å². The molecule has 2 aliphatic carbocycles. The SMILES string of the molecule is CN1C[C@H](c2cccc(F)c2)[C@]2(CCC/C(=C\c3cccc(F)c3)C2=O)[C@]12C(=O)c1cccc3cccc2c13. The average molecular weight is 520 g/mol. The number of ketones is 2. The third-order valence-electron chi connectivity index (χ3n) is 9.29. The summed E-state index contributed by atoms with van der Waals surface area (Å²) < 4.78 is 28.7. The van der Waals surface area contributed by atoms with E-state index in [1.165, 1.54) is 24.3 Å². The summed E-state index contributed by atoms with van der Waals surface area (Å²) in [4.78, 5) is 31.8. The highest BCUT2D eigenvalue weighted by atomic mass is 19.1. The van der Waals surface area contributed by atoms with Crippen LogP contribution in [-0.2, 0) is 10.3 Å². The zero-order valence-corrected chi connectivity index (χ0v) is 21.6. The number of halogens is 2. The third kappa shape index (κ3) is 3.11. The molecule has 7 rings (SSSR count). The van der Waals surface area contributed by atoms with Gasteiger partial charge in [-0.1, -0.05) is 60.7 Å². The quantitative estimate of drug-likeness (QED) is 0.266. The van der Waals surface area contributed by atoms with Crippen molar-refractivity contribution in [1.29, 1.82) is 0 Å². The Balaban J connectivity index is 1.52. The first-order valence-electron chi connectivity index (χ1n) is 13.4. The van der Waals surface area contributed by atoms with E-state index in [4.69, 9.17) is 0 Å². The second-order valence-corrected chi connectivity index (χ2v) is 11.1. The average Bonchev–Trinajstić information content (AvgIpc) is 3.34. The number of carbonyl (C=O) groups excluding carboxylic acids is 2.